The van der Waals surface area contributed by atoms with E-state index in [1.165, 1.54) is 17.0 Å². The number of hydrogen-bond donors (Lipinski definition) is 2. The second-order valence-electron chi connectivity index (χ2n) is 9.54. The summed E-state index contributed by atoms with van der Waals surface area (Å²) in [5.41, 5.74) is -0.617. The monoisotopic (exact) mass is 561 g/mol. The first-order valence-corrected chi connectivity index (χ1v) is 12.1. The molecule has 0 spiro atoms. The minimum absolute atomic E-state index is 0.0172. The van der Waals surface area contributed by atoms with Crippen LogP contribution in [0, 0.1) is 5.82 Å². The Labute approximate surface area is 206 Å². The third kappa shape index (κ3) is 4.72. The summed E-state index contributed by atoms with van der Waals surface area (Å²) in [6.07, 6.45) is -1.08. The van der Waals surface area contributed by atoms with Crippen molar-refractivity contribution in [2.24, 2.45) is 0 Å². The number of fused-ring (bicyclic) bond motifs is 2. The third-order valence-electron chi connectivity index (χ3n) is 6.98. The number of nitrogens with one attached hydrogen (secondary N) is 1. The SMILES string of the molecule is O=C(O)N[C@H]1CN(c2nc(OC[C@@]34CCCN3C[C@H](F)C4)nc3c(F)c(Br)ccc23)CC(F)(F)C1. The number of alkyl halides is 3. The van der Waals surface area contributed by atoms with Crippen LogP contribution in [0.25, 0.3) is 10.9 Å². The summed E-state index contributed by atoms with van der Waals surface area (Å²) in [7, 11) is 0. The number of halogens is 5. The fraction of sp³-hybridized carbons (Fsp3) is 0.591. The summed E-state index contributed by atoms with van der Waals surface area (Å²) in [4.78, 5) is 22.9. The highest BCUT2D eigenvalue weighted by Crippen LogP contribution is 2.41. The minimum atomic E-state index is -3.21. The molecular formula is C22H24BrF4N5O3. The summed E-state index contributed by atoms with van der Waals surface area (Å²) in [5.74, 6) is -3.89. The molecule has 0 bridgehead atoms. The van der Waals surface area contributed by atoms with Gasteiger partial charge in [-0.3, -0.25) is 4.90 Å². The number of aromatic nitrogens is 2. The highest BCUT2D eigenvalue weighted by molar-refractivity contribution is 9.10. The topological polar surface area (TPSA) is 90.8 Å². The van der Waals surface area contributed by atoms with Crippen molar-refractivity contribution in [2.75, 3.05) is 37.7 Å². The molecule has 5 rings (SSSR count). The van der Waals surface area contributed by atoms with Gasteiger partial charge >= 0.3 is 12.1 Å². The van der Waals surface area contributed by atoms with Crippen LogP contribution in [0.15, 0.2) is 16.6 Å². The van der Waals surface area contributed by atoms with Gasteiger partial charge in [0, 0.05) is 31.3 Å². The number of nitrogens with zero attached hydrogens (tertiary/aromatic N) is 4. The van der Waals surface area contributed by atoms with Gasteiger partial charge in [-0.2, -0.15) is 9.97 Å². The Bertz CT molecular complexity index is 1160. The standard InChI is InChI=1S/C22H24BrF4N5O3/c23-15-3-2-14-17(16(15)25)29-19(35-11-21-4-1-5-32(21)8-12(24)6-21)30-18(14)31-9-13(28-20(33)34)7-22(26,27)10-31/h2-3,12-13,28H,1,4-11H2,(H,33,34)/t12-,13-,21+/m1/s1. The zero-order valence-corrected chi connectivity index (χ0v) is 20.2. The fourth-order valence-corrected chi connectivity index (χ4v) is 5.91. The average molecular weight is 562 g/mol. The first-order chi connectivity index (χ1) is 16.6. The Morgan fingerprint density at radius 3 is 2.86 bits per heavy atom. The molecule has 35 heavy (non-hydrogen) atoms. The molecule has 4 heterocycles. The molecule has 0 aliphatic carbocycles. The van der Waals surface area contributed by atoms with E-state index in [1.807, 2.05) is 4.90 Å². The zero-order chi connectivity index (χ0) is 25.0. The molecule has 0 saturated carbocycles. The van der Waals surface area contributed by atoms with Crippen molar-refractivity contribution in [2.45, 2.75) is 49.4 Å². The van der Waals surface area contributed by atoms with Crippen LogP contribution in [0.5, 0.6) is 6.01 Å². The first kappa shape index (κ1) is 24.3. The summed E-state index contributed by atoms with van der Waals surface area (Å²) in [6, 6.07) is 1.67. The average Bonchev–Trinajstić information content (AvgIpc) is 3.28. The van der Waals surface area contributed by atoms with Gasteiger partial charge in [0.1, 0.15) is 24.1 Å². The van der Waals surface area contributed by atoms with E-state index in [4.69, 9.17) is 9.84 Å². The quantitative estimate of drug-likeness (QED) is 0.534. The molecule has 2 aromatic rings. The number of carboxylic acid groups (broad SMARTS) is 1. The van der Waals surface area contributed by atoms with Gasteiger partial charge in [-0.1, -0.05) is 0 Å². The first-order valence-electron chi connectivity index (χ1n) is 11.4. The van der Waals surface area contributed by atoms with Crippen LogP contribution < -0.4 is 15.0 Å². The second kappa shape index (κ2) is 8.91. The van der Waals surface area contributed by atoms with Gasteiger partial charge in [-0.15, -0.1) is 0 Å². The van der Waals surface area contributed by atoms with Gasteiger partial charge < -0.3 is 20.1 Å². The van der Waals surface area contributed by atoms with Crippen molar-refractivity contribution in [3.8, 4) is 6.01 Å². The molecule has 3 fully saturated rings. The molecule has 13 heteroatoms. The smallest absolute Gasteiger partial charge is 0.404 e. The van der Waals surface area contributed by atoms with E-state index in [0.717, 1.165) is 19.4 Å². The summed E-state index contributed by atoms with van der Waals surface area (Å²) in [5, 5.41) is 11.3. The van der Waals surface area contributed by atoms with Crippen LogP contribution in [0.2, 0.25) is 0 Å². The highest BCUT2D eigenvalue weighted by atomic mass is 79.9. The Morgan fingerprint density at radius 1 is 1.29 bits per heavy atom. The van der Waals surface area contributed by atoms with Crippen molar-refractivity contribution in [1.29, 1.82) is 0 Å². The Kier molecular flexibility index (Phi) is 6.19. The summed E-state index contributed by atoms with van der Waals surface area (Å²) < 4.78 is 64.3. The maximum atomic E-state index is 15.0. The van der Waals surface area contributed by atoms with Crippen molar-refractivity contribution in [3.63, 3.8) is 0 Å². The molecule has 0 unspecified atom stereocenters. The molecule has 8 nitrogen and oxygen atoms in total. The van der Waals surface area contributed by atoms with Gasteiger partial charge in [-0.25, -0.2) is 22.4 Å². The number of rotatable bonds is 5. The van der Waals surface area contributed by atoms with E-state index in [9.17, 15) is 18.0 Å². The van der Waals surface area contributed by atoms with E-state index < -0.39 is 48.6 Å². The Morgan fingerprint density at radius 2 is 2.09 bits per heavy atom. The van der Waals surface area contributed by atoms with Crippen molar-refractivity contribution in [3.05, 3.63) is 22.4 Å². The van der Waals surface area contributed by atoms with Gasteiger partial charge in [0.2, 0.25) is 0 Å². The number of hydrogen-bond acceptors (Lipinski definition) is 6. The van der Waals surface area contributed by atoms with Crippen LogP contribution in [0.3, 0.4) is 0 Å². The lowest BCUT2D eigenvalue weighted by Gasteiger charge is -2.38. The number of carbonyl (C=O) groups is 1. The maximum absolute atomic E-state index is 15.0. The predicted molar refractivity (Wildman–Crippen MR) is 122 cm³/mol. The van der Waals surface area contributed by atoms with Crippen molar-refractivity contribution < 1.29 is 32.2 Å². The van der Waals surface area contributed by atoms with Crippen LogP contribution in [0.1, 0.15) is 25.7 Å². The van der Waals surface area contributed by atoms with Gasteiger partial charge in [0.05, 0.1) is 22.6 Å². The lowest BCUT2D eigenvalue weighted by molar-refractivity contribution is -0.0208. The van der Waals surface area contributed by atoms with Crippen molar-refractivity contribution in [1.82, 2.24) is 20.2 Å². The van der Waals surface area contributed by atoms with Crippen LogP contribution in [0.4, 0.5) is 28.2 Å². The number of benzene rings is 1. The summed E-state index contributed by atoms with van der Waals surface area (Å²) >= 11 is 3.12. The highest BCUT2D eigenvalue weighted by Gasteiger charge is 2.49. The molecular weight excluding hydrogens is 538 g/mol. The lowest BCUT2D eigenvalue weighted by atomic mass is 9.95. The van der Waals surface area contributed by atoms with Crippen molar-refractivity contribution >= 4 is 38.7 Å². The Balaban J connectivity index is 1.51. The normalized spacial score (nSPS) is 28.3. The predicted octanol–water partition coefficient (Wildman–Crippen LogP) is 3.97. The summed E-state index contributed by atoms with van der Waals surface area (Å²) in [6.45, 7) is 0.362. The number of piperidine rings is 1. The molecule has 1 aromatic carbocycles. The van der Waals surface area contributed by atoms with Gasteiger partial charge in [0.25, 0.3) is 5.92 Å². The molecule has 190 valence electrons. The molecule has 3 aliphatic heterocycles. The molecule has 2 N–H and O–H groups in total. The van der Waals surface area contributed by atoms with E-state index >= 15 is 4.39 Å². The number of anilines is 1. The molecule has 3 saturated heterocycles. The molecule has 1 amide bonds. The lowest BCUT2D eigenvalue weighted by Crippen LogP contribution is -2.55. The number of amides is 1. The van der Waals surface area contributed by atoms with Crippen LogP contribution >= 0.6 is 15.9 Å². The van der Waals surface area contributed by atoms with Gasteiger partial charge in [-0.05, 0) is 47.4 Å². The van der Waals surface area contributed by atoms with Gasteiger partial charge in [0.15, 0.2) is 5.82 Å². The zero-order valence-electron chi connectivity index (χ0n) is 18.6. The maximum Gasteiger partial charge on any atom is 0.404 e. The number of ether oxygens (including phenoxy) is 1. The fourth-order valence-electron chi connectivity index (χ4n) is 5.59. The van der Waals surface area contributed by atoms with Crippen LogP contribution in [-0.2, 0) is 0 Å². The third-order valence-corrected chi connectivity index (χ3v) is 7.60. The van der Waals surface area contributed by atoms with E-state index in [0.29, 0.717) is 13.0 Å². The molecule has 3 atom stereocenters. The van der Waals surface area contributed by atoms with Crippen LogP contribution in [-0.4, -0.2) is 82.5 Å². The molecule has 3 aliphatic rings. The van der Waals surface area contributed by atoms with E-state index in [2.05, 4.69) is 31.2 Å². The largest absolute Gasteiger partial charge is 0.465 e. The molecule has 0 radical (unpaired) electrons. The molecule has 1 aromatic heterocycles. The van der Waals surface area contributed by atoms with E-state index in [-0.39, 0.29) is 40.4 Å². The minimum Gasteiger partial charge on any atom is -0.465 e. The van der Waals surface area contributed by atoms with E-state index in [1.54, 1.807) is 0 Å². The second-order valence-corrected chi connectivity index (χ2v) is 10.4. The Hall–Kier alpha value is -2.41.